The molecule has 184 valence electrons. The summed E-state index contributed by atoms with van der Waals surface area (Å²) in [5, 5.41) is 10.9. The number of ether oxygens (including phenoxy) is 2. The van der Waals surface area contributed by atoms with Gasteiger partial charge in [0.25, 0.3) is 5.91 Å². The van der Waals surface area contributed by atoms with Gasteiger partial charge in [0.15, 0.2) is 17.6 Å². The molecule has 0 aromatic heterocycles. The van der Waals surface area contributed by atoms with E-state index in [1.165, 1.54) is 16.4 Å². The minimum atomic E-state index is -3.72. The van der Waals surface area contributed by atoms with Crippen molar-refractivity contribution in [3.8, 4) is 11.5 Å². The molecule has 10 heteroatoms. The van der Waals surface area contributed by atoms with Crippen LogP contribution in [0.5, 0.6) is 11.5 Å². The number of aliphatic hydroxyl groups is 1. The first-order chi connectivity index (χ1) is 16.8. The van der Waals surface area contributed by atoms with Crippen molar-refractivity contribution < 1.29 is 27.8 Å². The highest BCUT2D eigenvalue weighted by atomic mass is 32.2. The minimum Gasteiger partial charge on any atom is -0.486 e. The first-order valence-electron chi connectivity index (χ1n) is 11.7. The van der Waals surface area contributed by atoms with Crippen LogP contribution in [0.3, 0.4) is 0 Å². The number of nitrogens with zero attached hydrogens (tertiary/aromatic N) is 3. The van der Waals surface area contributed by atoms with E-state index in [-0.39, 0.29) is 23.9 Å². The standard InChI is InChI=1S/C25H27N3O6S/c1-26-10-16-3-2-4-20(21(16)15-26)24(29)25(30)27-11-17-13-28(14-18(17)12-27)35(31,32)19-5-6-22-23(9-19)34-8-7-33-22/h2-6,9,24,29H,7-8,10-15H2,1H3/t24-/m1/s1. The van der Waals surface area contributed by atoms with Crippen molar-refractivity contribution in [2.24, 2.45) is 0 Å². The normalized spacial score (nSPS) is 20.8. The molecule has 9 nitrogen and oxygen atoms in total. The van der Waals surface area contributed by atoms with Gasteiger partial charge in [0.05, 0.1) is 4.90 Å². The van der Waals surface area contributed by atoms with Gasteiger partial charge in [-0.15, -0.1) is 0 Å². The van der Waals surface area contributed by atoms with Crippen molar-refractivity contribution in [2.75, 3.05) is 46.4 Å². The number of fused-ring (bicyclic) bond motifs is 2. The summed E-state index contributed by atoms with van der Waals surface area (Å²) in [5.41, 5.74) is 4.66. The molecule has 1 amide bonds. The summed E-state index contributed by atoms with van der Waals surface area (Å²) >= 11 is 0. The highest BCUT2D eigenvalue weighted by molar-refractivity contribution is 7.89. The monoisotopic (exact) mass is 497 g/mol. The van der Waals surface area contributed by atoms with Crippen LogP contribution in [0.4, 0.5) is 0 Å². The maximum Gasteiger partial charge on any atom is 0.256 e. The maximum atomic E-state index is 13.3. The molecule has 4 aliphatic rings. The fraction of sp³-hybridized carbons (Fsp3) is 0.400. The van der Waals surface area contributed by atoms with Crippen molar-refractivity contribution in [1.29, 1.82) is 0 Å². The van der Waals surface area contributed by atoms with E-state index < -0.39 is 16.1 Å². The van der Waals surface area contributed by atoms with E-state index in [4.69, 9.17) is 9.47 Å². The van der Waals surface area contributed by atoms with Gasteiger partial charge in [-0.25, -0.2) is 8.42 Å². The number of aliphatic hydroxyl groups excluding tert-OH is 1. The molecule has 4 aliphatic heterocycles. The molecule has 1 N–H and O–H groups in total. The second-order valence-corrected chi connectivity index (χ2v) is 11.5. The fourth-order valence-electron chi connectivity index (χ4n) is 5.38. The number of hydrogen-bond acceptors (Lipinski definition) is 7. The smallest absolute Gasteiger partial charge is 0.256 e. The molecule has 6 rings (SSSR count). The Labute approximate surface area is 204 Å². The van der Waals surface area contributed by atoms with Crippen LogP contribution in [0.1, 0.15) is 22.8 Å². The Kier molecular flexibility index (Phi) is 5.37. The number of sulfonamides is 1. The lowest BCUT2D eigenvalue weighted by Gasteiger charge is -2.25. The maximum absolute atomic E-state index is 13.3. The van der Waals surface area contributed by atoms with Crippen LogP contribution in [0.25, 0.3) is 0 Å². The first-order valence-corrected chi connectivity index (χ1v) is 13.1. The zero-order valence-electron chi connectivity index (χ0n) is 19.4. The largest absolute Gasteiger partial charge is 0.486 e. The summed E-state index contributed by atoms with van der Waals surface area (Å²) < 4.78 is 39.0. The number of amides is 1. The minimum absolute atomic E-state index is 0.161. The van der Waals surface area contributed by atoms with Gasteiger partial charge >= 0.3 is 0 Å². The van der Waals surface area contributed by atoms with Crippen LogP contribution in [0.15, 0.2) is 52.4 Å². The van der Waals surface area contributed by atoms with Crippen molar-refractivity contribution in [3.63, 3.8) is 0 Å². The molecule has 0 saturated heterocycles. The lowest BCUT2D eigenvalue weighted by molar-refractivity contribution is -0.139. The van der Waals surface area contributed by atoms with E-state index in [2.05, 4.69) is 4.90 Å². The highest BCUT2D eigenvalue weighted by Crippen LogP contribution is 2.36. The molecule has 35 heavy (non-hydrogen) atoms. The SMILES string of the molecule is CN1Cc2cccc([C@@H](O)C(=O)N3CC4=C(C3)CN(S(=O)(=O)c3ccc5c(c3)OCCO5)C4)c2C1. The summed E-state index contributed by atoms with van der Waals surface area (Å²) in [4.78, 5) is 17.1. The molecule has 0 saturated carbocycles. The number of rotatable bonds is 4. The van der Waals surface area contributed by atoms with Gasteiger partial charge in [0.1, 0.15) is 13.2 Å². The zero-order valence-corrected chi connectivity index (χ0v) is 20.3. The summed E-state index contributed by atoms with van der Waals surface area (Å²) in [7, 11) is -1.71. The molecule has 1 atom stereocenters. The van der Waals surface area contributed by atoms with Crippen LogP contribution in [-0.4, -0.2) is 80.0 Å². The van der Waals surface area contributed by atoms with Gasteiger partial charge in [-0.05, 0) is 47.0 Å². The van der Waals surface area contributed by atoms with E-state index in [0.717, 1.165) is 28.8 Å². The number of carbonyl (C=O) groups excluding carboxylic acids is 1. The van der Waals surface area contributed by atoms with Crippen molar-refractivity contribution in [1.82, 2.24) is 14.1 Å². The predicted octanol–water partition coefficient (Wildman–Crippen LogP) is 1.28. The van der Waals surface area contributed by atoms with Crippen LogP contribution < -0.4 is 9.47 Å². The van der Waals surface area contributed by atoms with Crippen LogP contribution >= 0.6 is 0 Å². The molecular weight excluding hydrogens is 470 g/mol. The van der Waals surface area contributed by atoms with E-state index in [1.54, 1.807) is 11.0 Å². The van der Waals surface area contributed by atoms with Crippen molar-refractivity contribution >= 4 is 15.9 Å². The molecule has 0 unspecified atom stereocenters. The highest BCUT2D eigenvalue weighted by Gasteiger charge is 2.39. The zero-order chi connectivity index (χ0) is 24.3. The van der Waals surface area contributed by atoms with E-state index in [0.29, 0.717) is 49.9 Å². The Bertz CT molecular complexity index is 1340. The van der Waals surface area contributed by atoms with Gasteiger partial charge in [0, 0.05) is 45.3 Å². The molecule has 0 radical (unpaired) electrons. The first kappa shape index (κ1) is 22.5. The predicted molar refractivity (Wildman–Crippen MR) is 126 cm³/mol. The summed E-state index contributed by atoms with van der Waals surface area (Å²) in [6.07, 6.45) is -1.23. The van der Waals surface area contributed by atoms with Gasteiger partial charge in [0.2, 0.25) is 10.0 Å². The Morgan fingerprint density at radius 3 is 2.40 bits per heavy atom. The third-order valence-corrected chi connectivity index (χ3v) is 8.95. The molecule has 2 aromatic carbocycles. The summed E-state index contributed by atoms with van der Waals surface area (Å²) in [6, 6.07) is 10.4. The van der Waals surface area contributed by atoms with Crippen LogP contribution in [0.2, 0.25) is 0 Å². The Hall–Kier alpha value is -2.92. The van der Waals surface area contributed by atoms with Crippen molar-refractivity contribution in [3.05, 3.63) is 64.2 Å². The van der Waals surface area contributed by atoms with Gasteiger partial charge in [-0.1, -0.05) is 18.2 Å². The van der Waals surface area contributed by atoms with E-state index >= 15 is 0 Å². The third-order valence-electron chi connectivity index (χ3n) is 7.17. The van der Waals surface area contributed by atoms with Crippen LogP contribution in [-0.2, 0) is 27.9 Å². The number of carbonyl (C=O) groups is 1. The summed E-state index contributed by atoms with van der Waals surface area (Å²) in [6.45, 7) is 3.45. The molecule has 0 spiro atoms. The number of benzene rings is 2. The van der Waals surface area contributed by atoms with Gasteiger partial charge in [-0.3, -0.25) is 9.69 Å². The summed E-state index contributed by atoms with van der Waals surface area (Å²) in [5.74, 6) is 0.630. The van der Waals surface area contributed by atoms with E-state index in [9.17, 15) is 18.3 Å². The second kappa shape index (κ2) is 8.34. The second-order valence-electron chi connectivity index (χ2n) is 9.54. The quantitative estimate of drug-likeness (QED) is 0.636. The lowest BCUT2D eigenvalue weighted by atomic mass is 9.98. The third kappa shape index (κ3) is 3.81. The average Bonchev–Trinajstić information content (AvgIpc) is 3.55. The Morgan fingerprint density at radius 1 is 0.943 bits per heavy atom. The topological polar surface area (TPSA) is 99.6 Å². The fourth-order valence-corrected chi connectivity index (χ4v) is 6.82. The molecule has 0 bridgehead atoms. The lowest BCUT2D eigenvalue weighted by Crippen LogP contribution is -2.38. The Balaban J connectivity index is 1.14. The molecule has 0 fully saturated rings. The van der Waals surface area contributed by atoms with Gasteiger partial charge in [-0.2, -0.15) is 4.31 Å². The van der Waals surface area contributed by atoms with Gasteiger partial charge < -0.3 is 19.5 Å². The average molecular weight is 498 g/mol. The van der Waals surface area contributed by atoms with E-state index in [1.807, 2.05) is 25.2 Å². The molecule has 0 aliphatic carbocycles. The number of hydrogen-bond donors (Lipinski definition) is 1. The van der Waals surface area contributed by atoms with Crippen LogP contribution in [0, 0.1) is 0 Å². The molecule has 4 heterocycles. The Morgan fingerprint density at radius 2 is 1.66 bits per heavy atom. The van der Waals surface area contributed by atoms with Crippen molar-refractivity contribution in [2.45, 2.75) is 24.1 Å². The molecular formula is C25H27N3O6S. The molecule has 2 aromatic rings.